The van der Waals surface area contributed by atoms with Crippen LogP contribution in [0.3, 0.4) is 0 Å². The van der Waals surface area contributed by atoms with Crippen molar-refractivity contribution < 1.29 is 24.3 Å². The first-order valence-electron chi connectivity index (χ1n) is 10.5. The lowest BCUT2D eigenvalue weighted by Crippen LogP contribution is -2.44. The number of amides is 1. The molecular weight excluding hydrogens is 410 g/mol. The number of hydrogen-bond donors (Lipinski definition) is 5. The minimum absolute atomic E-state index is 0.0720. The number of nitrogens with zero attached hydrogens (tertiary/aromatic N) is 2. The van der Waals surface area contributed by atoms with Crippen molar-refractivity contribution in [3.8, 4) is 0 Å². The summed E-state index contributed by atoms with van der Waals surface area (Å²) in [6, 6.07) is 5.11. The van der Waals surface area contributed by atoms with Gasteiger partial charge in [-0.25, -0.2) is 4.98 Å². The fraction of sp³-hybridized carbons (Fsp3) is 0.304. The van der Waals surface area contributed by atoms with Gasteiger partial charge >= 0.3 is 11.6 Å². The molecule has 5 N–H and O–H groups in total. The molecule has 2 heterocycles. The summed E-state index contributed by atoms with van der Waals surface area (Å²) < 4.78 is 6.23. The Morgan fingerprint density at radius 3 is 2.78 bits per heavy atom. The topological polar surface area (TPSA) is 135 Å². The normalized spacial score (nSPS) is 22.3. The number of aromatic nitrogens is 2. The quantitative estimate of drug-likeness (QED) is 0.359. The molecule has 0 spiro atoms. The predicted octanol–water partition coefficient (Wildman–Crippen LogP) is 2.02. The van der Waals surface area contributed by atoms with E-state index in [4.69, 9.17) is 9.83 Å². The zero-order valence-corrected chi connectivity index (χ0v) is 17.7. The van der Waals surface area contributed by atoms with E-state index >= 15 is 0 Å². The van der Waals surface area contributed by atoms with E-state index in [2.05, 4.69) is 15.6 Å². The van der Waals surface area contributed by atoms with Gasteiger partial charge in [-0.3, -0.25) is 10.0 Å². The van der Waals surface area contributed by atoms with Crippen LogP contribution >= 0.6 is 0 Å². The van der Waals surface area contributed by atoms with Crippen molar-refractivity contribution in [1.82, 2.24) is 15.6 Å². The van der Waals surface area contributed by atoms with E-state index in [9.17, 15) is 15.1 Å². The van der Waals surface area contributed by atoms with Crippen molar-refractivity contribution in [2.45, 2.75) is 44.8 Å². The van der Waals surface area contributed by atoms with Crippen LogP contribution in [0.5, 0.6) is 0 Å². The molecule has 0 aromatic carbocycles. The number of carbonyl (C=O) groups is 1. The molecule has 9 heteroatoms. The highest BCUT2D eigenvalue weighted by atomic mass is 16.5. The monoisotopic (exact) mass is 436 g/mol. The van der Waals surface area contributed by atoms with E-state index in [1.165, 1.54) is 18.5 Å². The van der Waals surface area contributed by atoms with Crippen LogP contribution in [0.15, 0.2) is 64.7 Å². The molecule has 1 saturated carbocycles. The van der Waals surface area contributed by atoms with E-state index in [1.807, 2.05) is 0 Å². The van der Waals surface area contributed by atoms with Gasteiger partial charge in [0.2, 0.25) is 11.6 Å². The molecule has 0 saturated heterocycles. The maximum atomic E-state index is 12.9. The largest absolute Gasteiger partial charge is 0.444 e. The molecule has 2 aromatic heterocycles. The third-order valence-electron chi connectivity index (χ3n) is 5.66. The standard InChI is InChI=1S/C23H25N5O4/c1-14-3-2-4-21(28(14)31)22(30)27-20-11-15(13-26-16-5-7-17(29)8-6-16)19(24)12-18(20)23-25-9-10-32-23/h2-4,9-13,16-17,24,29-31H,5-8H2,1H3/p+1/t16-,17-. The lowest BCUT2D eigenvalue weighted by molar-refractivity contribution is -0.909. The number of rotatable bonds is 5. The molecule has 2 aliphatic carbocycles. The lowest BCUT2D eigenvalue weighted by atomic mass is 9.93. The second kappa shape index (κ2) is 9.19. The fourth-order valence-corrected chi connectivity index (χ4v) is 3.79. The summed E-state index contributed by atoms with van der Waals surface area (Å²) in [5.41, 5.74) is 2.28. The molecular formula is C23H26N5O4+. The first kappa shape index (κ1) is 21.5. The summed E-state index contributed by atoms with van der Waals surface area (Å²) in [7, 11) is 0. The summed E-state index contributed by atoms with van der Waals surface area (Å²) in [5.74, 6) is -0.238. The Morgan fingerprint density at radius 2 is 2.06 bits per heavy atom. The van der Waals surface area contributed by atoms with Gasteiger partial charge in [-0.05, 0) is 43.9 Å². The summed E-state index contributed by atoms with van der Waals surface area (Å²) in [6.45, 7) is 1.69. The Hall–Kier alpha value is -3.72. The first-order chi connectivity index (χ1) is 15.4. The highest BCUT2D eigenvalue weighted by molar-refractivity contribution is 6.16. The first-order valence-corrected chi connectivity index (χ1v) is 10.5. The van der Waals surface area contributed by atoms with E-state index < -0.39 is 5.91 Å². The van der Waals surface area contributed by atoms with Crippen molar-refractivity contribution in [1.29, 1.82) is 5.41 Å². The van der Waals surface area contributed by atoms with Gasteiger partial charge in [0.15, 0.2) is 0 Å². The zero-order valence-electron chi connectivity index (χ0n) is 17.7. The van der Waals surface area contributed by atoms with Gasteiger partial charge < -0.3 is 25.6 Å². The molecule has 0 radical (unpaired) electrons. The van der Waals surface area contributed by atoms with Crippen molar-refractivity contribution in [3.05, 3.63) is 77.6 Å². The number of hydrogen-bond acceptors (Lipinski definition) is 7. The second-order valence-corrected chi connectivity index (χ2v) is 7.96. The van der Waals surface area contributed by atoms with Crippen molar-refractivity contribution in [2.75, 3.05) is 0 Å². The average Bonchev–Trinajstić information content (AvgIpc) is 3.31. The van der Waals surface area contributed by atoms with Crippen LogP contribution in [-0.2, 0) is 0 Å². The molecule has 32 heavy (non-hydrogen) atoms. The molecule has 0 bridgehead atoms. The number of allylic oxidation sites excluding steroid dienone is 4. The van der Waals surface area contributed by atoms with Gasteiger partial charge in [-0.15, -0.1) is 0 Å². The number of aryl methyl sites for hydroxylation is 1. The van der Waals surface area contributed by atoms with Crippen LogP contribution < -0.4 is 15.4 Å². The van der Waals surface area contributed by atoms with Crippen LogP contribution in [0, 0.1) is 12.3 Å². The minimum atomic E-state index is -0.512. The molecule has 0 aliphatic heterocycles. The van der Waals surface area contributed by atoms with Crippen molar-refractivity contribution in [3.63, 3.8) is 0 Å². The Kier molecular flexibility index (Phi) is 6.18. The molecule has 4 rings (SSSR count). The number of carbonyl (C=O) groups excluding carboxylic acids is 1. The molecule has 1 fully saturated rings. The van der Waals surface area contributed by atoms with E-state index in [-0.39, 0.29) is 29.4 Å². The van der Waals surface area contributed by atoms with E-state index in [1.54, 1.807) is 37.4 Å². The predicted molar refractivity (Wildman–Crippen MR) is 116 cm³/mol. The van der Waals surface area contributed by atoms with E-state index in [0.717, 1.165) is 30.4 Å². The SMILES string of the molecule is Cc1cccc(C(=O)NC2=C/C(=C/N[C@H]3CC[C@H](O)CC3)C(=N)C=C2c2ncco2)[n+]1O. The average molecular weight is 436 g/mol. The Balaban J connectivity index is 1.60. The summed E-state index contributed by atoms with van der Waals surface area (Å²) in [6.07, 6.45) is 10.9. The minimum Gasteiger partial charge on any atom is -0.444 e. The van der Waals surface area contributed by atoms with Gasteiger partial charge in [-0.2, -0.15) is 0 Å². The van der Waals surface area contributed by atoms with Gasteiger partial charge in [0.25, 0.3) is 0 Å². The van der Waals surface area contributed by atoms with Gasteiger partial charge in [-0.1, -0.05) is 0 Å². The zero-order chi connectivity index (χ0) is 22.7. The Bertz CT molecular complexity index is 1110. The molecule has 166 valence electrons. The van der Waals surface area contributed by atoms with Crippen molar-refractivity contribution >= 4 is 17.2 Å². The molecule has 1 amide bonds. The number of aliphatic hydroxyl groups is 1. The fourth-order valence-electron chi connectivity index (χ4n) is 3.79. The van der Waals surface area contributed by atoms with Gasteiger partial charge in [0.05, 0.1) is 29.3 Å². The molecule has 2 aromatic rings. The van der Waals surface area contributed by atoms with Gasteiger partial charge in [0, 0.05) is 41.6 Å². The highest BCUT2D eigenvalue weighted by Gasteiger charge is 2.27. The van der Waals surface area contributed by atoms with Crippen LogP contribution in [0.4, 0.5) is 0 Å². The van der Waals surface area contributed by atoms with Crippen molar-refractivity contribution in [2.24, 2.45) is 0 Å². The second-order valence-electron chi connectivity index (χ2n) is 7.96. The maximum Gasteiger partial charge on any atom is 0.325 e. The third kappa shape index (κ3) is 4.62. The third-order valence-corrected chi connectivity index (χ3v) is 5.66. The Morgan fingerprint density at radius 1 is 1.28 bits per heavy atom. The summed E-state index contributed by atoms with van der Waals surface area (Å²) >= 11 is 0. The highest BCUT2D eigenvalue weighted by Crippen LogP contribution is 2.27. The number of pyridine rings is 1. The smallest absolute Gasteiger partial charge is 0.325 e. The lowest BCUT2D eigenvalue weighted by Gasteiger charge is -2.26. The number of aliphatic hydroxyl groups excluding tert-OH is 1. The Labute approximate surface area is 185 Å². The summed E-state index contributed by atoms with van der Waals surface area (Å²) in [4.78, 5) is 17.1. The van der Waals surface area contributed by atoms with Crippen LogP contribution in [0.2, 0.25) is 0 Å². The van der Waals surface area contributed by atoms with E-state index in [0.29, 0.717) is 22.5 Å². The molecule has 2 aliphatic rings. The van der Waals surface area contributed by atoms with Crippen LogP contribution in [0.25, 0.3) is 5.57 Å². The molecule has 0 unspecified atom stereocenters. The molecule has 9 nitrogen and oxygen atoms in total. The molecule has 0 atom stereocenters. The summed E-state index contributed by atoms with van der Waals surface area (Å²) in [5, 5.41) is 34.5. The number of nitrogens with one attached hydrogen (secondary N) is 3. The van der Waals surface area contributed by atoms with Crippen LogP contribution in [0.1, 0.15) is 47.8 Å². The number of oxazole rings is 1. The van der Waals surface area contributed by atoms with Crippen LogP contribution in [-0.4, -0.2) is 39.1 Å². The maximum absolute atomic E-state index is 12.9. The van der Waals surface area contributed by atoms with Gasteiger partial charge in [0.1, 0.15) is 6.26 Å².